The second-order valence-corrected chi connectivity index (χ2v) is 3.38. The Balaban J connectivity index is 3.04. The van der Waals surface area contributed by atoms with E-state index in [4.69, 9.17) is 0 Å². The molecule has 0 amide bonds. The third kappa shape index (κ3) is 1.28. The lowest BCUT2D eigenvalue weighted by Crippen LogP contribution is -1.99. The van der Waals surface area contributed by atoms with Crippen molar-refractivity contribution >= 4 is 40.7 Å². The van der Waals surface area contributed by atoms with Gasteiger partial charge in [0.1, 0.15) is 0 Å². The minimum atomic E-state index is 0.963. The summed E-state index contributed by atoms with van der Waals surface area (Å²) >= 11 is 4.85. The van der Waals surface area contributed by atoms with Crippen molar-refractivity contribution in [2.45, 2.75) is 0 Å². The normalized spacial score (nSPS) is 9.29. The molecule has 0 aliphatic carbocycles. The molecule has 1 nitrogen and oxygen atoms in total. The standard InChI is InChI=1S/C3H3BBrNS/c4-2-1-7-3(5)6-2/h1H,4H2. The fourth-order valence-corrected chi connectivity index (χ4v) is 1.40. The van der Waals surface area contributed by atoms with Gasteiger partial charge in [0.2, 0.25) is 0 Å². The highest BCUT2D eigenvalue weighted by Crippen LogP contribution is 2.08. The quantitative estimate of drug-likeness (QED) is 0.513. The molecule has 4 heteroatoms. The maximum atomic E-state index is 4.05. The summed E-state index contributed by atoms with van der Waals surface area (Å²) < 4.78 is 0.963. The van der Waals surface area contributed by atoms with E-state index in [2.05, 4.69) is 20.9 Å². The Morgan fingerprint density at radius 1 is 1.86 bits per heavy atom. The summed E-state index contributed by atoms with van der Waals surface area (Å²) in [7, 11) is 1.97. The molecule has 0 aromatic carbocycles. The third-order valence-electron chi connectivity index (χ3n) is 0.591. The van der Waals surface area contributed by atoms with E-state index in [0.29, 0.717) is 0 Å². The maximum Gasteiger partial charge on any atom is 0.165 e. The molecule has 1 aromatic heterocycles. The molecule has 0 saturated heterocycles. The monoisotopic (exact) mass is 175 g/mol. The molecule has 0 bridgehead atoms. The molecule has 0 unspecified atom stereocenters. The van der Waals surface area contributed by atoms with E-state index in [9.17, 15) is 0 Å². The second-order valence-electron chi connectivity index (χ2n) is 1.24. The Morgan fingerprint density at radius 2 is 2.57 bits per heavy atom. The lowest BCUT2D eigenvalue weighted by atomic mass is 10.1. The van der Waals surface area contributed by atoms with Gasteiger partial charge in [0, 0.05) is 11.0 Å². The van der Waals surface area contributed by atoms with Gasteiger partial charge in [-0.1, -0.05) is 0 Å². The average Bonchev–Trinajstić information content (AvgIpc) is 1.87. The van der Waals surface area contributed by atoms with Crippen LogP contribution in [0.3, 0.4) is 0 Å². The van der Waals surface area contributed by atoms with Crippen molar-refractivity contribution in [2.24, 2.45) is 0 Å². The van der Waals surface area contributed by atoms with Gasteiger partial charge in [0.25, 0.3) is 0 Å². The van der Waals surface area contributed by atoms with Crippen molar-refractivity contribution in [1.82, 2.24) is 4.98 Å². The van der Waals surface area contributed by atoms with Crippen molar-refractivity contribution < 1.29 is 0 Å². The Labute approximate surface area is 55.3 Å². The summed E-state index contributed by atoms with van der Waals surface area (Å²) in [5.74, 6) is 0. The predicted octanol–water partition coefficient (Wildman–Crippen LogP) is 0.164. The van der Waals surface area contributed by atoms with E-state index in [1.54, 1.807) is 11.3 Å². The fourth-order valence-electron chi connectivity index (χ4n) is 0.325. The Kier molecular flexibility index (Phi) is 1.49. The van der Waals surface area contributed by atoms with Gasteiger partial charge in [-0.25, -0.2) is 4.98 Å². The molecular formula is C3H3BBrNS. The number of hydrogen-bond donors (Lipinski definition) is 0. The molecule has 0 fully saturated rings. The zero-order chi connectivity index (χ0) is 5.28. The molecule has 0 radical (unpaired) electrons. The average molecular weight is 176 g/mol. The van der Waals surface area contributed by atoms with Gasteiger partial charge in [-0.3, -0.25) is 0 Å². The molecular weight excluding hydrogens is 173 g/mol. The summed E-state index contributed by atoms with van der Waals surface area (Å²) in [5.41, 5.74) is 1.08. The van der Waals surface area contributed by atoms with Crippen LogP contribution in [0.5, 0.6) is 0 Å². The molecule has 1 heterocycles. The molecule has 0 saturated carbocycles. The Morgan fingerprint density at radius 3 is 2.71 bits per heavy atom. The van der Waals surface area contributed by atoms with Gasteiger partial charge >= 0.3 is 0 Å². The number of rotatable bonds is 0. The maximum absolute atomic E-state index is 4.05. The summed E-state index contributed by atoms with van der Waals surface area (Å²) in [6, 6.07) is 0. The Bertz CT molecular complexity index is 147. The van der Waals surface area contributed by atoms with Gasteiger partial charge in [0.05, 0.1) is 0 Å². The van der Waals surface area contributed by atoms with Gasteiger partial charge in [0.15, 0.2) is 11.8 Å². The molecule has 0 aliphatic heterocycles. The van der Waals surface area contributed by atoms with Gasteiger partial charge in [-0.15, -0.1) is 11.3 Å². The van der Waals surface area contributed by atoms with Crippen LogP contribution in [-0.2, 0) is 0 Å². The molecule has 36 valence electrons. The lowest BCUT2D eigenvalue weighted by molar-refractivity contribution is 1.44. The highest BCUT2D eigenvalue weighted by Gasteiger charge is 1.88. The summed E-state index contributed by atoms with van der Waals surface area (Å²) in [6.07, 6.45) is 0. The highest BCUT2D eigenvalue weighted by atomic mass is 79.9. The summed E-state index contributed by atoms with van der Waals surface area (Å²) in [4.78, 5) is 4.05. The highest BCUT2D eigenvalue weighted by molar-refractivity contribution is 9.11. The van der Waals surface area contributed by atoms with E-state index in [1.807, 2.05) is 13.2 Å². The van der Waals surface area contributed by atoms with Crippen LogP contribution in [0.2, 0.25) is 0 Å². The lowest BCUT2D eigenvalue weighted by Gasteiger charge is -1.69. The topological polar surface area (TPSA) is 12.9 Å². The van der Waals surface area contributed by atoms with Crippen LogP contribution in [0.15, 0.2) is 9.30 Å². The largest absolute Gasteiger partial charge is 0.245 e. The minimum absolute atomic E-state index is 0.963. The first kappa shape index (κ1) is 5.31. The van der Waals surface area contributed by atoms with Crippen LogP contribution in [-0.4, -0.2) is 12.8 Å². The smallest absolute Gasteiger partial charge is 0.165 e. The van der Waals surface area contributed by atoms with Gasteiger partial charge in [-0.05, 0) is 15.9 Å². The minimum Gasteiger partial charge on any atom is -0.245 e. The Hall–Kier alpha value is 0.175. The summed E-state index contributed by atoms with van der Waals surface area (Å²) in [5, 5.41) is 2.00. The first-order valence-electron chi connectivity index (χ1n) is 1.86. The number of thiazole rings is 1. The van der Waals surface area contributed by atoms with Crippen LogP contribution >= 0.6 is 27.3 Å². The number of aromatic nitrogens is 1. The number of hydrogen-bond acceptors (Lipinski definition) is 2. The predicted molar refractivity (Wildman–Crippen MR) is 38.0 cm³/mol. The molecule has 7 heavy (non-hydrogen) atoms. The van der Waals surface area contributed by atoms with E-state index in [1.165, 1.54) is 0 Å². The first-order valence-corrected chi connectivity index (χ1v) is 3.54. The molecule has 1 aromatic rings. The second kappa shape index (κ2) is 1.96. The van der Waals surface area contributed by atoms with Crippen LogP contribution in [0.4, 0.5) is 0 Å². The SMILES string of the molecule is Bc1csc(Br)n1. The molecule has 0 N–H and O–H groups in total. The number of nitrogens with zero attached hydrogens (tertiary/aromatic N) is 1. The van der Waals surface area contributed by atoms with Crippen LogP contribution in [0, 0.1) is 0 Å². The zero-order valence-electron chi connectivity index (χ0n) is 3.81. The van der Waals surface area contributed by atoms with Crippen LogP contribution in [0.25, 0.3) is 0 Å². The van der Waals surface area contributed by atoms with Gasteiger partial charge < -0.3 is 0 Å². The fraction of sp³-hybridized carbons (Fsp3) is 0. The van der Waals surface area contributed by atoms with E-state index >= 15 is 0 Å². The van der Waals surface area contributed by atoms with Crippen molar-refractivity contribution in [1.29, 1.82) is 0 Å². The molecule has 1 rings (SSSR count). The molecule has 0 aliphatic rings. The van der Waals surface area contributed by atoms with Crippen molar-refractivity contribution in [3.05, 3.63) is 9.30 Å². The van der Waals surface area contributed by atoms with Crippen molar-refractivity contribution in [2.75, 3.05) is 0 Å². The van der Waals surface area contributed by atoms with Crippen molar-refractivity contribution in [3.63, 3.8) is 0 Å². The van der Waals surface area contributed by atoms with E-state index in [0.717, 1.165) is 9.51 Å². The van der Waals surface area contributed by atoms with Crippen LogP contribution in [0.1, 0.15) is 0 Å². The van der Waals surface area contributed by atoms with E-state index < -0.39 is 0 Å². The summed E-state index contributed by atoms with van der Waals surface area (Å²) in [6.45, 7) is 0. The van der Waals surface area contributed by atoms with Crippen LogP contribution < -0.4 is 5.59 Å². The zero-order valence-corrected chi connectivity index (χ0v) is 6.21. The first-order chi connectivity index (χ1) is 3.29. The van der Waals surface area contributed by atoms with E-state index in [-0.39, 0.29) is 0 Å². The van der Waals surface area contributed by atoms with Gasteiger partial charge in [-0.2, -0.15) is 0 Å². The third-order valence-corrected chi connectivity index (χ3v) is 2.07. The number of halogens is 1. The molecule has 0 spiro atoms. The van der Waals surface area contributed by atoms with Crippen molar-refractivity contribution in [3.8, 4) is 0 Å². The molecule has 0 atom stereocenters.